The number of carbonyl (C=O) groups is 1. The maximum Gasteiger partial charge on any atom is 0.273 e. The van der Waals surface area contributed by atoms with Crippen molar-refractivity contribution >= 4 is 28.6 Å². The molecule has 0 saturated carbocycles. The summed E-state index contributed by atoms with van der Waals surface area (Å²) in [4.78, 5) is 17.1. The van der Waals surface area contributed by atoms with Gasteiger partial charge >= 0.3 is 0 Å². The summed E-state index contributed by atoms with van der Waals surface area (Å²) in [6, 6.07) is 9.87. The van der Waals surface area contributed by atoms with Gasteiger partial charge in [-0.05, 0) is 22.9 Å². The highest BCUT2D eigenvalue weighted by Gasteiger charge is 2.24. The Bertz CT molecular complexity index is 824. The molecule has 1 atom stereocenters. The number of hydrogen-bond donors (Lipinski definition) is 1. The van der Waals surface area contributed by atoms with Crippen LogP contribution >= 0.6 is 22.7 Å². The Hall–Kier alpha value is -2.00. The first-order chi connectivity index (χ1) is 12.8. The predicted octanol–water partition coefficient (Wildman–Crippen LogP) is 3.27. The van der Waals surface area contributed by atoms with E-state index in [1.807, 2.05) is 23.6 Å². The van der Waals surface area contributed by atoms with Crippen LogP contribution in [0.15, 0.2) is 45.6 Å². The fourth-order valence-electron chi connectivity index (χ4n) is 2.98. The number of amides is 1. The molecule has 0 bridgehead atoms. The minimum Gasteiger partial charge on any atom is -0.379 e. The molecule has 0 aliphatic carbocycles. The lowest BCUT2D eigenvalue weighted by Crippen LogP contribution is -2.43. The van der Waals surface area contributed by atoms with Crippen LogP contribution in [0.4, 0.5) is 0 Å². The fraction of sp³-hybridized carbons (Fsp3) is 0.333. The second-order valence-corrected chi connectivity index (χ2v) is 7.87. The van der Waals surface area contributed by atoms with E-state index in [1.165, 1.54) is 4.88 Å². The van der Waals surface area contributed by atoms with E-state index in [2.05, 4.69) is 26.8 Å². The van der Waals surface area contributed by atoms with Gasteiger partial charge in [-0.25, -0.2) is 0 Å². The molecule has 0 aromatic carbocycles. The largest absolute Gasteiger partial charge is 0.379 e. The molecule has 0 unspecified atom stereocenters. The molecule has 1 saturated heterocycles. The molecule has 8 heteroatoms. The van der Waals surface area contributed by atoms with Crippen LogP contribution in [0.25, 0.3) is 10.6 Å². The van der Waals surface area contributed by atoms with Crippen molar-refractivity contribution in [1.82, 2.24) is 15.4 Å². The highest BCUT2D eigenvalue weighted by molar-refractivity contribution is 7.13. The molecule has 1 amide bonds. The van der Waals surface area contributed by atoms with E-state index < -0.39 is 0 Å². The smallest absolute Gasteiger partial charge is 0.273 e. The van der Waals surface area contributed by atoms with Crippen LogP contribution in [0.5, 0.6) is 0 Å². The zero-order valence-corrected chi connectivity index (χ0v) is 15.7. The molecule has 0 radical (unpaired) electrons. The Kier molecular flexibility index (Phi) is 5.45. The van der Waals surface area contributed by atoms with Crippen molar-refractivity contribution in [3.8, 4) is 10.6 Å². The van der Waals surface area contributed by atoms with Crippen molar-refractivity contribution in [2.45, 2.75) is 6.04 Å². The third-order valence-corrected chi connectivity index (χ3v) is 6.18. The van der Waals surface area contributed by atoms with Crippen molar-refractivity contribution in [2.75, 3.05) is 32.8 Å². The summed E-state index contributed by atoms with van der Waals surface area (Å²) in [5.74, 6) is 0.402. The number of thiophene rings is 2. The van der Waals surface area contributed by atoms with Gasteiger partial charge in [0.2, 0.25) is 0 Å². The first kappa shape index (κ1) is 17.4. The highest BCUT2D eigenvalue weighted by atomic mass is 32.1. The molecule has 6 nitrogen and oxygen atoms in total. The average molecular weight is 390 g/mol. The summed E-state index contributed by atoms with van der Waals surface area (Å²) in [5, 5.41) is 11.0. The number of morpholine rings is 1. The summed E-state index contributed by atoms with van der Waals surface area (Å²) in [7, 11) is 0. The highest BCUT2D eigenvalue weighted by Crippen LogP contribution is 2.27. The van der Waals surface area contributed by atoms with Crippen LogP contribution in [-0.2, 0) is 4.74 Å². The third kappa shape index (κ3) is 3.88. The molecule has 1 N–H and O–H groups in total. The first-order valence-corrected chi connectivity index (χ1v) is 10.2. The fourth-order valence-corrected chi connectivity index (χ4v) is 4.51. The Labute approximate surface area is 159 Å². The molecule has 26 heavy (non-hydrogen) atoms. The number of hydrogen-bond acceptors (Lipinski definition) is 7. The molecule has 3 aromatic heterocycles. The number of nitrogens with zero attached hydrogens (tertiary/aromatic N) is 2. The maximum absolute atomic E-state index is 12.5. The molecule has 1 aliphatic rings. The summed E-state index contributed by atoms with van der Waals surface area (Å²) >= 11 is 3.26. The van der Waals surface area contributed by atoms with E-state index in [0.717, 1.165) is 31.2 Å². The Morgan fingerprint density at radius 3 is 2.77 bits per heavy atom. The Balaban J connectivity index is 1.43. The lowest BCUT2D eigenvalue weighted by Gasteiger charge is -2.34. The summed E-state index contributed by atoms with van der Waals surface area (Å²) in [6.07, 6.45) is 0. The van der Waals surface area contributed by atoms with Crippen molar-refractivity contribution in [3.05, 3.63) is 51.7 Å². The van der Waals surface area contributed by atoms with Crippen LogP contribution < -0.4 is 5.32 Å². The molecule has 0 spiro atoms. The van der Waals surface area contributed by atoms with E-state index in [1.54, 1.807) is 28.7 Å². The van der Waals surface area contributed by atoms with Gasteiger partial charge in [0.05, 0.1) is 24.1 Å². The van der Waals surface area contributed by atoms with Gasteiger partial charge in [0, 0.05) is 30.6 Å². The van der Waals surface area contributed by atoms with Gasteiger partial charge in [0.15, 0.2) is 11.5 Å². The molecular weight excluding hydrogens is 370 g/mol. The van der Waals surface area contributed by atoms with E-state index >= 15 is 0 Å². The summed E-state index contributed by atoms with van der Waals surface area (Å²) in [6.45, 7) is 3.71. The van der Waals surface area contributed by atoms with Crippen molar-refractivity contribution in [2.24, 2.45) is 0 Å². The van der Waals surface area contributed by atoms with E-state index in [-0.39, 0.29) is 11.9 Å². The monoisotopic (exact) mass is 389 g/mol. The number of aromatic nitrogens is 1. The van der Waals surface area contributed by atoms with Crippen molar-refractivity contribution in [1.29, 1.82) is 0 Å². The van der Waals surface area contributed by atoms with E-state index in [0.29, 0.717) is 18.0 Å². The molecule has 136 valence electrons. The lowest BCUT2D eigenvalue weighted by atomic mass is 10.2. The second kappa shape index (κ2) is 8.13. The van der Waals surface area contributed by atoms with Gasteiger partial charge in [-0.1, -0.05) is 17.3 Å². The summed E-state index contributed by atoms with van der Waals surface area (Å²) < 4.78 is 10.8. The van der Waals surface area contributed by atoms with Gasteiger partial charge in [0.25, 0.3) is 5.91 Å². The topological polar surface area (TPSA) is 67.6 Å². The van der Waals surface area contributed by atoms with Gasteiger partial charge in [0.1, 0.15) is 0 Å². The zero-order valence-electron chi connectivity index (χ0n) is 14.1. The molecular formula is C18H19N3O3S2. The quantitative estimate of drug-likeness (QED) is 0.701. The van der Waals surface area contributed by atoms with E-state index in [4.69, 9.17) is 9.26 Å². The molecule has 4 heterocycles. The molecule has 1 fully saturated rings. The number of carbonyl (C=O) groups excluding carboxylic acids is 1. The van der Waals surface area contributed by atoms with Crippen molar-refractivity contribution in [3.63, 3.8) is 0 Å². The molecule has 4 rings (SSSR count). The van der Waals surface area contributed by atoms with Gasteiger partial charge in [-0.15, -0.1) is 22.7 Å². The van der Waals surface area contributed by atoms with Crippen LogP contribution in [0.3, 0.4) is 0 Å². The maximum atomic E-state index is 12.5. The predicted molar refractivity (Wildman–Crippen MR) is 102 cm³/mol. The van der Waals surface area contributed by atoms with Crippen LogP contribution in [0, 0.1) is 0 Å². The van der Waals surface area contributed by atoms with Gasteiger partial charge < -0.3 is 14.6 Å². The normalized spacial score (nSPS) is 16.5. The summed E-state index contributed by atoms with van der Waals surface area (Å²) in [5.41, 5.74) is 0.306. The first-order valence-electron chi connectivity index (χ1n) is 8.45. The van der Waals surface area contributed by atoms with Crippen molar-refractivity contribution < 1.29 is 14.1 Å². The van der Waals surface area contributed by atoms with Gasteiger partial charge in [-0.2, -0.15) is 0 Å². The number of ether oxygens (including phenoxy) is 1. The molecule has 1 aliphatic heterocycles. The van der Waals surface area contributed by atoms with Crippen LogP contribution in [-0.4, -0.2) is 48.8 Å². The Morgan fingerprint density at radius 1 is 1.23 bits per heavy atom. The third-order valence-electron chi connectivity index (χ3n) is 4.32. The number of nitrogens with one attached hydrogen (secondary N) is 1. The second-order valence-electron chi connectivity index (χ2n) is 5.94. The Morgan fingerprint density at radius 2 is 2.04 bits per heavy atom. The van der Waals surface area contributed by atoms with Crippen LogP contribution in [0.2, 0.25) is 0 Å². The number of rotatable bonds is 6. The lowest BCUT2D eigenvalue weighted by molar-refractivity contribution is 0.0169. The standard InChI is InChI=1S/C18H19N3O3S2/c22-18(13-11-15(24-20-13)17-4-2-10-26-17)19-12-14(16-3-1-9-25-16)21-5-7-23-8-6-21/h1-4,9-11,14H,5-8,12H2,(H,19,22)/t14-/m1/s1. The zero-order chi connectivity index (χ0) is 17.8. The minimum atomic E-state index is -0.216. The van der Waals surface area contributed by atoms with Crippen LogP contribution in [0.1, 0.15) is 21.4 Å². The van der Waals surface area contributed by atoms with Gasteiger partial charge in [-0.3, -0.25) is 9.69 Å². The van der Waals surface area contributed by atoms with E-state index in [9.17, 15) is 4.79 Å². The molecule has 3 aromatic rings. The average Bonchev–Trinajstić information content (AvgIpc) is 3.43. The minimum absolute atomic E-state index is 0.145. The SMILES string of the molecule is O=C(NC[C@H](c1cccs1)N1CCOCC1)c1cc(-c2cccs2)on1.